The van der Waals surface area contributed by atoms with Crippen molar-refractivity contribution in [3.8, 4) is 11.2 Å². The average Bonchev–Trinajstić information content (AvgIpc) is 2.00. The molecule has 5 heteroatoms. The zero-order chi connectivity index (χ0) is 9.90. The fraction of sp³-hybridized carbons (Fsp3) is 0. The van der Waals surface area contributed by atoms with E-state index in [1.807, 2.05) is 0 Å². The van der Waals surface area contributed by atoms with Gasteiger partial charge in [0.25, 0.3) is 0 Å². The van der Waals surface area contributed by atoms with E-state index in [1.165, 1.54) is 18.2 Å². The molecule has 0 aliphatic heterocycles. The summed E-state index contributed by atoms with van der Waals surface area (Å²) in [4.78, 5) is 0. The molecule has 0 saturated carbocycles. The average molecular weight is 219 g/mol. The van der Waals surface area contributed by atoms with Crippen LogP contribution in [0.4, 0.5) is 4.39 Å². The van der Waals surface area contributed by atoms with Crippen LogP contribution in [-0.4, -0.2) is 8.42 Å². The molecule has 68 valence electrons. The van der Waals surface area contributed by atoms with E-state index in [-0.39, 0.29) is 5.56 Å². The summed E-state index contributed by atoms with van der Waals surface area (Å²) >= 11 is 0. The molecule has 1 aromatic carbocycles. The van der Waals surface area contributed by atoms with Crippen LogP contribution in [0.15, 0.2) is 24.3 Å². The van der Waals surface area contributed by atoms with Gasteiger partial charge in [-0.05, 0) is 24.1 Å². The number of benzene rings is 1. The van der Waals surface area contributed by atoms with Gasteiger partial charge in [-0.25, -0.2) is 4.39 Å². The van der Waals surface area contributed by atoms with E-state index in [4.69, 9.17) is 10.7 Å². The first-order valence-electron chi connectivity index (χ1n) is 3.20. The SMILES string of the molecule is O=S(=O)(Cl)C#Cc1cccc(F)c1. The van der Waals surface area contributed by atoms with Crippen molar-refractivity contribution in [1.29, 1.82) is 0 Å². The van der Waals surface area contributed by atoms with Crippen LogP contribution in [0, 0.1) is 17.0 Å². The predicted octanol–water partition coefficient (Wildman–Crippen LogP) is 1.70. The number of halogens is 2. The standard InChI is InChI=1S/C8H4ClFO2S/c9-13(11,12)5-4-7-2-1-3-8(10)6-7/h1-3,6H. The van der Waals surface area contributed by atoms with E-state index in [1.54, 1.807) is 5.25 Å². The summed E-state index contributed by atoms with van der Waals surface area (Å²) in [6.45, 7) is 0. The molecule has 1 rings (SSSR count). The maximum atomic E-state index is 12.5. The molecule has 1 aromatic rings. The van der Waals surface area contributed by atoms with Gasteiger partial charge in [0.1, 0.15) is 5.82 Å². The second kappa shape index (κ2) is 3.77. The van der Waals surface area contributed by atoms with Crippen LogP contribution in [0.1, 0.15) is 5.56 Å². The highest BCUT2D eigenvalue weighted by atomic mass is 35.7. The summed E-state index contributed by atoms with van der Waals surface area (Å²) in [5.74, 6) is 1.74. The van der Waals surface area contributed by atoms with Crippen molar-refractivity contribution in [2.45, 2.75) is 0 Å². The van der Waals surface area contributed by atoms with Gasteiger partial charge in [-0.3, -0.25) is 0 Å². The van der Waals surface area contributed by atoms with E-state index >= 15 is 0 Å². The van der Waals surface area contributed by atoms with Gasteiger partial charge < -0.3 is 0 Å². The predicted molar refractivity (Wildman–Crippen MR) is 48.1 cm³/mol. The third-order valence-electron chi connectivity index (χ3n) is 1.14. The van der Waals surface area contributed by atoms with Gasteiger partial charge >= 0.3 is 9.05 Å². The Kier molecular flexibility index (Phi) is 2.91. The van der Waals surface area contributed by atoms with Crippen molar-refractivity contribution >= 4 is 19.7 Å². The molecule has 0 spiro atoms. The summed E-state index contributed by atoms with van der Waals surface area (Å²) in [7, 11) is 0.981. The Balaban J connectivity index is 3.04. The Labute approximate surface area is 79.8 Å². The molecule has 0 saturated heterocycles. The Morgan fingerprint density at radius 2 is 2.08 bits per heavy atom. The lowest BCUT2D eigenvalue weighted by atomic mass is 10.2. The van der Waals surface area contributed by atoms with E-state index in [9.17, 15) is 12.8 Å². The minimum Gasteiger partial charge on any atom is -0.207 e. The van der Waals surface area contributed by atoms with Gasteiger partial charge in [-0.2, -0.15) is 8.42 Å². The highest BCUT2D eigenvalue weighted by Gasteiger charge is 1.96. The number of hydrogen-bond donors (Lipinski definition) is 0. The van der Waals surface area contributed by atoms with Crippen LogP contribution in [-0.2, 0) is 9.05 Å². The van der Waals surface area contributed by atoms with Gasteiger partial charge in [-0.15, -0.1) is 0 Å². The molecule has 0 atom stereocenters. The lowest BCUT2D eigenvalue weighted by Crippen LogP contribution is -1.82. The van der Waals surface area contributed by atoms with E-state index < -0.39 is 14.9 Å². The molecule has 0 bridgehead atoms. The Hall–Kier alpha value is -1.05. The minimum atomic E-state index is -3.85. The van der Waals surface area contributed by atoms with Crippen LogP contribution in [0.5, 0.6) is 0 Å². The molecule has 0 unspecified atom stereocenters. The van der Waals surface area contributed by atoms with E-state index in [0.29, 0.717) is 0 Å². The molecule has 0 radical (unpaired) electrons. The molecule has 0 aliphatic rings. The van der Waals surface area contributed by atoms with Gasteiger partial charge in [-0.1, -0.05) is 6.07 Å². The third kappa shape index (κ3) is 3.92. The zero-order valence-corrected chi connectivity index (χ0v) is 7.86. The van der Waals surface area contributed by atoms with Crippen LogP contribution in [0.25, 0.3) is 0 Å². The Morgan fingerprint density at radius 1 is 1.38 bits per heavy atom. The molecule has 0 N–H and O–H groups in total. The molecule has 0 fully saturated rings. The van der Waals surface area contributed by atoms with Crippen molar-refractivity contribution in [3.63, 3.8) is 0 Å². The summed E-state index contributed by atoms with van der Waals surface area (Å²) in [5, 5.41) is 1.79. The summed E-state index contributed by atoms with van der Waals surface area (Å²) in [6, 6.07) is 5.27. The summed E-state index contributed by atoms with van der Waals surface area (Å²) in [5.41, 5.74) is 0.268. The van der Waals surface area contributed by atoms with Gasteiger partial charge in [0.05, 0.1) is 0 Å². The Morgan fingerprint density at radius 3 is 2.62 bits per heavy atom. The van der Waals surface area contributed by atoms with E-state index in [0.717, 1.165) is 6.07 Å². The van der Waals surface area contributed by atoms with Crippen LogP contribution < -0.4 is 0 Å². The summed E-state index contributed by atoms with van der Waals surface area (Å²) < 4.78 is 33.3. The van der Waals surface area contributed by atoms with Crippen molar-refractivity contribution in [3.05, 3.63) is 35.6 Å². The first-order chi connectivity index (χ1) is 5.97. The fourth-order valence-electron chi connectivity index (χ4n) is 0.686. The van der Waals surface area contributed by atoms with Crippen molar-refractivity contribution in [2.75, 3.05) is 0 Å². The minimum absolute atomic E-state index is 0.268. The smallest absolute Gasteiger partial charge is 0.207 e. The highest BCUT2D eigenvalue weighted by molar-refractivity contribution is 8.17. The lowest BCUT2D eigenvalue weighted by Gasteiger charge is -1.88. The second-order valence-electron chi connectivity index (χ2n) is 2.18. The quantitative estimate of drug-likeness (QED) is 0.491. The maximum Gasteiger partial charge on any atom is 0.301 e. The molecule has 0 aliphatic carbocycles. The molecule has 2 nitrogen and oxygen atoms in total. The topological polar surface area (TPSA) is 34.1 Å². The van der Waals surface area contributed by atoms with Gasteiger partial charge in [0, 0.05) is 21.5 Å². The van der Waals surface area contributed by atoms with Crippen LogP contribution in [0.3, 0.4) is 0 Å². The first-order valence-corrected chi connectivity index (χ1v) is 5.51. The third-order valence-corrected chi connectivity index (χ3v) is 1.72. The van der Waals surface area contributed by atoms with Gasteiger partial charge in [0.15, 0.2) is 0 Å². The van der Waals surface area contributed by atoms with Crippen LogP contribution >= 0.6 is 10.7 Å². The molecule has 0 amide bonds. The highest BCUT2D eigenvalue weighted by Crippen LogP contribution is 2.02. The lowest BCUT2D eigenvalue weighted by molar-refractivity contribution is 0.618. The molecule has 0 aromatic heterocycles. The van der Waals surface area contributed by atoms with Crippen LogP contribution in [0.2, 0.25) is 0 Å². The van der Waals surface area contributed by atoms with E-state index in [2.05, 4.69) is 5.92 Å². The second-order valence-corrected chi connectivity index (χ2v) is 4.47. The molecular formula is C8H4ClFO2S. The fourth-order valence-corrected chi connectivity index (χ4v) is 1.04. The molecule has 13 heavy (non-hydrogen) atoms. The first kappa shape index (κ1) is 10.0. The Bertz CT molecular complexity index is 470. The van der Waals surface area contributed by atoms with Crippen molar-refractivity contribution in [1.82, 2.24) is 0 Å². The maximum absolute atomic E-state index is 12.5. The monoisotopic (exact) mass is 218 g/mol. The van der Waals surface area contributed by atoms with Gasteiger partial charge in [0.2, 0.25) is 0 Å². The normalized spacial score (nSPS) is 10.3. The largest absolute Gasteiger partial charge is 0.301 e. The summed E-state index contributed by atoms with van der Waals surface area (Å²) in [6.07, 6.45) is 0. The zero-order valence-electron chi connectivity index (χ0n) is 6.29. The molecular weight excluding hydrogens is 215 g/mol. The molecule has 0 heterocycles. The van der Waals surface area contributed by atoms with Crippen molar-refractivity contribution in [2.24, 2.45) is 0 Å². The number of hydrogen-bond acceptors (Lipinski definition) is 2. The van der Waals surface area contributed by atoms with Crippen molar-refractivity contribution < 1.29 is 12.8 Å². The number of rotatable bonds is 0.